The number of nitrogens with zero attached hydrogens (tertiary/aromatic N) is 2. The summed E-state index contributed by atoms with van der Waals surface area (Å²) in [6.45, 7) is 13.1. The molecule has 0 saturated heterocycles. The highest BCUT2D eigenvalue weighted by Crippen LogP contribution is 2.33. The highest BCUT2D eigenvalue weighted by molar-refractivity contribution is 6.12. The summed E-state index contributed by atoms with van der Waals surface area (Å²) in [5.74, 6) is 0.907. The Morgan fingerprint density at radius 3 is 2.21 bits per heavy atom. The largest absolute Gasteiger partial charge is 0.493 e. The lowest BCUT2D eigenvalue weighted by atomic mass is 9.90. The minimum atomic E-state index is -0.278. The molecule has 0 aliphatic carbocycles. The zero-order valence-corrected chi connectivity index (χ0v) is 23.4. The predicted molar refractivity (Wildman–Crippen MR) is 150 cm³/mol. The standard InChI is InChI=1S/C30H42N2O6/c1-7-19-38-26-14-11-22(8-2)24(21-28(34)32(17-18-33)16-15-31(9-3)10-4)29(26)30(35)23-12-13-25(36-5)27(20-23)37-6/h7,11-14,20,33H,1,8-10,15-19,21H2,2-6H3. The summed E-state index contributed by atoms with van der Waals surface area (Å²) in [7, 11) is 3.05. The van der Waals surface area contributed by atoms with E-state index in [0.29, 0.717) is 53.4 Å². The maximum Gasteiger partial charge on any atom is 0.227 e. The fourth-order valence-corrected chi connectivity index (χ4v) is 4.39. The molecule has 208 valence electrons. The lowest BCUT2D eigenvalue weighted by molar-refractivity contribution is -0.131. The maximum absolute atomic E-state index is 14.0. The molecule has 2 rings (SSSR count). The summed E-state index contributed by atoms with van der Waals surface area (Å²) >= 11 is 0. The Bertz CT molecular complexity index is 1080. The van der Waals surface area contributed by atoms with Crippen molar-refractivity contribution in [2.45, 2.75) is 33.6 Å². The van der Waals surface area contributed by atoms with Crippen molar-refractivity contribution in [3.05, 3.63) is 65.2 Å². The summed E-state index contributed by atoms with van der Waals surface area (Å²) < 4.78 is 16.6. The lowest BCUT2D eigenvalue weighted by Crippen LogP contribution is -2.41. The van der Waals surface area contributed by atoms with Crippen LogP contribution in [0.3, 0.4) is 0 Å². The van der Waals surface area contributed by atoms with E-state index in [1.807, 2.05) is 13.0 Å². The Morgan fingerprint density at radius 1 is 0.947 bits per heavy atom. The second kappa shape index (κ2) is 15.8. The van der Waals surface area contributed by atoms with Gasteiger partial charge in [0.05, 0.1) is 32.8 Å². The van der Waals surface area contributed by atoms with E-state index in [-0.39, 0.29) is 37.9 Å². The minimum Gasteiger partial charge on any atom is -0.493 e. The van der Waals surface area contributed by atoms with Gasteiger partial charge in [-0.1, -0.05) is 39.5 Å². The zero-order chi connectivity index (χ0) is 28.1. The van der Waals surface area contributed by atoms with Crippen LogP contribution in [0.5, 0.6) is 17.2 Å². The van der Waals surface area contributed by atoms with Crippen LogP contribution in [-0.4, -0.2) is 86.8 Å². The molecule has 0 aliphatic rings. The van der Waals surface area contributed by atoms with Crippen molar-refractivity contribution in [1.82, 2.24) is 9.80 Å². The Kier molecular flexibility index (Phi) is 12.8. The first-order valence-corrected chi connectivity index (χ1v) is 13.1. The summed E-state index contributed by atoms with van der Waals surface area (Å²) in [6.07, 6.45) is 2.26. The number of hydrogen-bond donors (Lipinski definition) is 1. The van der Waals surface area contributed by atoms with Crippen LogP contribution in [0.4, 0.5) is 0 Å². The fraction of sp³-hybridized carbons (Fsp3) is 0.467. The molecule has 8 heteroatoms. The Balaban J connectivity index is 2.56. The van der Waals surface area contributed by atoms with Gasteiger partial charge in [-0.25, -0.2) is 0 Å². The van der Waals surface area contributed by atoms with E-state index in [1.165, 1.54) is 14.2 Å². The van der Waals surface area contributed by atoms with Crippen molar-refractivity contribution < 1.29 is 28.9 Å². The molecule has 0 atom stereocenters. The van der Waals surface area contributed by atoms with E-state index >= 15 is 0 Å². The highest BCUT2D eigenvalue weighted by Gasteiger charge is 2.26. The van der Waals surface area contributed by atoms with Crippen LogP contribution in [0.2, 0.25) is 0 Å². The number of aryl methyl sites for hydroxylation is 1. The number of carbonyl (C=O) groups is 2. The number of methoxy groups -OCH3 is 2. The van der Waals surface area contributed by atoms with E-state index in [9.17, 15) is 14.7 Å². The van der Waals surface area contributed by atoms with Gasteiger partial charge in [-0.15, -0.1) is 0 Å². The Morgan fingerprint density at radius 2 is 1.63 bits per heavy atom. The quantitative estimate of drug-likeness (QED) is 0.248. The van der Waals surface area contributed by atoms with E-state index in [4.69, 9.17) is 14.2 Å². The number of benzene rings is 2. The summed E-state index contributed by atoms with van der Waals surface area (Å²) in [5, 5.41) is 9.64. The van der Waals surface area contributed by atoms with Crippen LogP contribution in [0.1, 0.15) is 47.8 Å². The van der Waals surface area contributed by atoms with E-state index < -0.39 is 0 Å². The van der Waals surface area contributed by atoms with Crippen molar-refractivity contribution in [1.29, 1.82) is 0 Å². The molecule has 0 saturated carbocycles. The fourth-order valence-electron chi connectivity index (χ4n) is 4.39. The summed E-state index contributed by atoms with van der Waals surface area (Å²) in [5.41, 5.74) is 2.26. The van der Waals surface area contributed by atoms with Crippen molar-refractivity contribution in [3.8, 4) is 17.2 Å². The SMILES string of the molecule is C=CCOc1ccc(CC)c(CC(=O)N(CCO)CCN(CC)CC)c1C(=O)c1ccc(OC)c(OC)c1. The second-order valence-corrected chi connectivity index (χ2v) is 8.74. The van der Waals surface area contributed by atoms with Crippen LogP contribution >= 0.6 is 0 Å². The van der Waals surface area contributed by atoms with Gasteiger partial charge in [0.25, 0.3) is 0 Å². The van der Waals surface area contributed by atoms with Gasteiger partial charge in [-0.2, -0.15) is 0 Å². The number of amides is 1. The molecule has 0 aliphatic heterocycles. The molecule has 1 N–H and O–H groups in total. The first kappa shape index (κ1) is 30.9. The monoisotopic (exact) mass is 526 g/mol. The van der Waals surface area contributed by atoms with Crippen molar-refractivity contribution in [2.24, 2.45) is 0 Å². The zero-order valence-electron chi connectivity index (χ0n) is 23.4. The minimum absolute atomic E-state index is 0.0150. The van der Waals surface area contributed by atoms with E-state index in [0.717, 1.165) is 18.7 Å². The van der Waals surface area contributed by atoms with Crippen LogP contribution in [-0.2, 0) is 17.6 Å². The average molecular weight is 527 g/mol. The van der Waals surface area contributed by atoms with Crippen LogP contribution in [0, 0.1) is 0 Å². The van der Waals surface area contributed by atoms with Gasteiger partial charge < -0.3 is 29.1 Å². The van der Waals surface area contributed by atoms with Gasteiger partial charge >= 0.3 is 0 Å². The normalized spacial score (nSPS) is 10.8. The van der Waals surface area contributed by atoms with Crippen LogP contribution in [0.15, 0.2) is 43.0 Å². The number of ether oxygens (including phenoxy) is 3. The topological polar surface area (TPSA) is 88.5 Å². The van der Waals surface area contributed by atoms with Gasteiger partial charge in [0, 0.05) is 25.2 Å². The van der Waals surface area contributed by atoms with Gasteiger partial charge in [0.15, 0.2) is 17.3 Å². The molecule has 0 heterocycles. The number of aliphatic hydroxyl groups excluding tert-OH is 1. The number of ketones is 1. The number of hydrogen-bond acceptors (Lipinski definition) is 7. The molecule has 0 fully saturated rings. The molecule has 2 aromatic carbocycles. The molecular formula is C30H42N2O6. The van der Waals surface area contributed by atoms with Gasteiger partial charge in [-0.05, 0) is 54.9 Å². The number of rotatable bonds is 17. The van der Waals surface area contributed by atoms with Crippen LogP contribution in [0.25, 0.3) is 0 Å². The van der Waals surface area contributed by atoms with Gasteiger partial charge in [-0.3, -0.25) is 9.59 Å². The molecular weight excluding hydrogens is 484 g/mol. The first-order valence-electron chi connectivity index (χ1n) is 13.1. The average Bonchev–Trinajstić information content (AvgIpc) is 2.95. The van der Waals surface area contributed by atoms with Crippen LogP contribution < -0.4 is 14.2 Å². The number of likely N-dealkylation sites (N-methyl/N-ethyl adjacent to an activating group) is 1. The molecule has 38 heavy (non-hydrogen) atoms. The molecule has 0 unspecified atom stereocenters. The first-order chi connectivity index (χ1) is 18.4. The van der Waals surface area contributed by atoms with Gasteiger partial charge in [0.1, 0.15) is 12.4 Å². The molecule has 1 amide bonds. The molecule has 0 bridgehead atoms. The van der Waals surface area contributed by atoms with Gasteiger partial charge in [0.2, 0.25) is 5.91 Å². The summed E-state index contributed by atoms with van der Waals surface area (Å²) in [4.78, 5) is 31.4. The second-order valence-electron chi connectivity index (χ2n) is 8.74. The van der Waals surface area contributed by atoms with E-state index in [2.05, 4.69) is 25.3 Å². The van der Waals surface area contributed by atoms with Crippen molar-refractivity contribution in [3.63, 3.8) is 0 Å². The molecule has 0 aromatic heterocycles. The third kappa shape index (κ3) is 7.82. The predicted octanol–water partition coefficient (Wildman–Crippen LogP) is 3.77. The number of aliphatic hydroxyl groups is 1. The van der Waals surface area contributed by atoms with Crippen molar-refractivity contribution in [2.75, 3.05) is 60.2 Å². The molecule has 0 spiro atoms. The molecule has 0 radical (unpaired) electrons. The molecule has 2 aromatic rings. The third-order valence-electron chi connectivity index (χ3n) is 6.61. The highest BCUT2D eigenvalue weighted by atomic mass is 16.5. The van der Waals surface area contributed by atoms with E-state index in [1.54, 1.807) is 35.2 Å². The molecule has 8 nitrogen and oxygen atoms in total. The number of carbonyl (C=O) groups excluding carboxylic acids is 2. The third-order valence-corrected chi connectivity index (χ3v) is 6.61. The maximum atomic E-state index is 14.0. The lowest BCUT2D eigenvalue weighted by Gasteiger charge is -2.27. The smallest absolute Gasteiger partial charge is 0.227 e. The van der Waals surface area contributed by atoms with Crippen molar-refractivity contribution >= 4 is 11.7 Å². The Labute approximate surface area is 226 Å². The summed E-state index contributed by atoms with van der Waals surface area (Å²) in [6, 6.07) is 8.66. The Hall–Kier alpha value is -3.36.